The van der Waals surface area contributed by atoms with Crippen molar-refractivity contribution in [3.63, 3.8) is 0 Å². The molecule has 1 aromatic rings. The zero-order valence-corrected chi connectivity index (χ0v) is 12.0. The van der Waals surface area contributed by atoms with Crippen LogP contribution in [0.15, 0.2) is 18.2 Å². The summed E-state index contributed by atoms with van der Waals surface area (Å²) in [4.78, 5) is 2.36. The van der Waals surface area contributed by atoms with Gasteiger partial charge in [-0.2, -0.15) is 0 Å². The minimum absolute atomic E-state index is 0.462. The molecule has 2 unspecified atom stereocenters. The number of nitrogens with zero attached hydrogens (tertiary/aromatic N) is 1. The molecule has 2 atom stereocenters. The van der Waals surface area contributed by atoms with Gasteiger partial charge in [-0.05, 0) is 43.0 Å². The molecule has 0 aliphatic carbocycles. The molecule has 2 aliphatic rings. The fourth-order valence-corrected chi connectivity index (χ4v) is 3.07. The number of aliphatic hydroxyl groups excluding tert-OH is 1. The van der Waals surface area contributed by atoms with Crippen LogP contribution in [0.1, 0.15) is 31.4 Å². The van der Waals surface area contributed by atoms with Gasteiger partial charge in [-0.25, -0.2) is 0 Å². The highest BCUT2D eigenvalue weighted by molar-refractivity contribution is 5.44. The van der Waals surface area contributed by atoms with Gasteiger partial charge in [0, 0.05) is 13.1 Å². The molecule has 1 N–H and O–H groups in total. The Morgan fingerprint density at radius 2 is 2.10 bits per heavy atom. The second-order valence-corrected chi connectivity index (χ2v) is 5.93. The fourth-order valence-electron chi connectivity index (χ4n) is 3.07. The highest BCUT2D eigenvalue weighted by Gasteiger charge is 2.21. The monoisotopic (exact) mass is 277 g/mol. The maximum Gasteiger partial charge on any atom is 0.161 e. The minimum Gasteiger partial charge on any atom is -0.486 e. The van der Waals surface area contributed by atoms with Gasteiger partial charge in [-0.3, -0.25) is 0 Å². The number of fused-ring (bicyclic) bond motifs is 1. The lowest BCUT2D eigenvalue weighted by molar-refractivity contribution is 0.0870. The van der Waals surface area contributed by atoms with Gasteiger partial charge in [0.15, 0.2) is 11.5 Å². The number of likely N-dealkylation sites (tertiary alicyclic amines) is 1. The molecule has 110 valence electrons. The molecule has 4 nitrogen and oxygen atoms in total. The van der Waals surface area contributed by atoms with Crippen molar-refractivity contribution in [1.29, 1.82) is 0 Å². The molecule has 2 heterocycles. The Kier molecular flexibility index (Phi) is 4.13. The number of piperidine rings is 1. The third-order valence-corrected chi connectivity index (χ3v) is 4.12. The van der Waals surface area contributed by atoms with E-state index >= 15 is 0 Å². The first-order valence-corrected chi connectivity index (χ1v) is 7.52. The lowest BCUT2D eigenvalue weighted by Crippen LogP contribution is -2.37. The Hall–Kier alpha value is -1.26. The third-order valence-electron chi connectivity index (χ3n) is 4.12. The smallest absolute Gasteiger partial charge is 0.161 e. The fraction of sp³-hybridized carbons (Fsp3) is 0.625. The maximum absolute atomic E-state index is 10.4. The van der Waals surface area contributed by atoms with E-state index in [1.54, 1.807) is 0 Å². The summed E-state index contributed by atoms with van der Waals surface area (Å²) in [6, 6.07) is 5.74. The Morgan fingerprint density at radius 1 is 1.30 bits per heavy atom. The van der Waals surface area contributed by atoms with Crippen molar-refractivity contribution in [3.8, 4) is 11.5 Å². The van der Waals surface area contributed by atoms with E-state index in [-0.39, 0.29) is 0 Å². The van der Waals surface area contributed by atoms with Crippen LogP contribution >= 0.6 is 0 Å². The Balaban J connectivity index is 1.66. The molecule has 1 aromatic carbocycles. The average Bonchev–Trinajstić information content (AvgIpc) is 2.47. The summed E-state index contributed by atoms with van der Waals surface area (Å²) in [5, 5.41) is 10.4. The molecule has 3 rings (SSSR count). The Labute approximate surface area is 120 Å². The first-order chi connectivity index (χ1) is 9.72. The minimum atomic E-state index is -0.462. The van der Waals surface area contributed by atoms with Crippen LogP contribution in [0.3, 0.4) is 0 Å². The molecule has 0 saturated carbocycles. The Bertz CT molecular complexity index is 463. The summed E-state index contributed by atoms with van der Waals surface area (Å²) in [6.07, 6.45) is 2.07. The van der Waals surface area contributed by atoms with E-state index < -0.39 is 6.10 Å². The predicted octanol–water partition coefficient (Wildman–Crippen LogP) is 2.22. The molecule has 0 amide bonds. The quantitative estimate of drug-likeness (QED) is 0.920. The molecular formula is C16H23NO3. The zero-order valence-electron chi connectivity index (χ0n) is 12.0. The van der Waals surface area contributed by atoms with Crippen LogP contribution in [-0.4, -0.2) is 42.9 Å². The highest BCUT2D eigenvalue weighted by Crippen LogP contribution is 2.33. The summed E-state index contributed by atoms with van der Waals surface area (Å²) in [5.74, 6) is 2.26. The van der Waals surface area contributed by atoms with E-state index in [2.05, 4.69) is 11.8 Å². The second kappa shape index (κ2) is 6.02. The number of β-amino-alcohol motifs (C(OH)–C–C–N with tert-alkyl or cyclic N) is 1. The predicted molar refractivity (Wildman–Crippen MR) is 77.2 cm³/mol. The van der Waals surface area contributed by atoms with E-state index in [9.17, 15) is 5.11 Å². The topological polar surface area (TPSA) is 41.9 Å². The normalized spacial score (nSPS) is 24.4. The van der Waals surface area contributed by atoms with Crippen molar-refractivity contribution in [1.82, 2.24) is 4.90 Å². The molecule has 0 radical (unpaired) electrons. The SMILES string of the molecule is CC1CCCN(CC(O)c2ccc3c(c2)OCCO3)C1. The molecule has 2 aliphatic heterocycles. The summed E-state index contributed by atoms with van der Waals surface area (Å²) in [7, 11) is 0. The van der Waals surface area contributed by atoms with Crippen LogP contribution in [-0.2, 0) is 0 Å². The highest BCUT2D eigenvalue weighted by atomic mass is 16.6. The number of aliphatic hydroxyl groups is 1. The molecule has 4 heteroatoms. The van der Waals surface area contributed by atoms with Crippen LogP contribution in [0.5, 0.6) is 11.5 Å². The van der Waals surface area contributed by atoms with Crippen LogP contribution in [0, 0.1) is 5.92 Å². The third kappa shape index (κ3) is 3.07. The van der Waals surface area contributed by atoms with Gasteiger partial charge in [-0.1, -0.05) is 13.0 Å². The molecule has 1 saturated heterocycles. The van der Waals surface area contributed by atoms with E-state index in [4.69, 9.17) is 9.47 Å². The Morgan fingerprint density at radius 3 is 2.90 bits per heavy atom. The van der Waals surface area contributed by atoms with E-state index in [1.165, 1.54) is 12.8 Å². The summed E-state index contributed by atoms with van der Waals surface area (Å²) < 4.78 is 11.1. The number of ether oxygens (including phenoxy) is 2. The lowest BCUT2D eigenvalue weighted by atomic mass is 9.99. The van der Waals surface area contributed by atoms with Crippen LogP contribution in [0.4, 0.5) is 0 Å². The van der Waals surface area contributed by atoms with Crippen LogP contribution in [0.2, 0.25) is 0 Å². The number of benzene rings is 1. The van der Waals surface area contributed by atoms with Crippen molar-refractivity contribution < 1.29 is 14.6 Å². The molecule has 0 spiro atoms. The van der Waals surface area contributed by atoms with Gasteiger partial charge < -0.3 is 19.5 Å². The first-order valence-electron chi connectivity index (χ1n) is 7.52. The van der Waals surface area contributed by atoms with Crippen LogP contribution in [0.25, 0.3) is 0 Å². The molecule has 1 fully saturated rings. The second-order valence-electron chi connectivity index (χ2n) is 5.93. The zero-order chi connectivity index (χ0) is 13.9. The van der Waals surface area contributed by atoms with Gasteiger partial charge in [-0.15, -0.1) is 0 Å². The maximum atomic E-state index is 10.4. The molecule has 0 bridgehead atoms. The first kappa shape index (κ1) is 13.7. The van der Waals surface area contributed by atoms with Crippen molar-refractivity contribution in [2.24, 2.45) is 5.92 Å². The van der Waals surface area contributed by atoms with Crippen molar-refractivity contribution >= 4 is 0 Å². The van der Waals surface area contributed by atoms with Crippen molar-refractivity contribution in [2.45, 2.75) is 25.9 Å². The summed E-state index contributed by atoms with van der Waals surface area (Å²) in [5.41, 5.74) is 0.910. The number of hydrogen-bond acceptors (Lipinski definition) is 4. The standard InChI is InChI=1S/C16H23NO3/c1-12-3-2-6-17(10-12)11-14(18)13-4-5-15-16(9-13)20-8-7-19-15/h4-5,9,12,14,18H,2-3,6-8,10-11H2,1H3. The molecule has 0 aromatic heterocycles. The van der Waals surface area contributed by atoms with Crippen LogP contribution < -0.4 is 9.47 Å². The molecule has 20 heavy (non-hydrogen) atoms. The van der Waals surface area contributed by atoms with E-state index in [0.29, 0.717) is 19.8 Å². The summed E-state index contributed by atoms with van der Waals surface area (Å²) in [6.45, 7) is 6.33. The largest absolute Gasteiger partial charge is 0.486 e. The average molecular weight is 277 g/mol. The van der Waals surface area contributed by atoms with E-state index in [0.717, 1.165) is 36.1 Å². The van der Waals surface area contributed by atoms with Crippen molar-refractivity contribution in [3.05, 3.63) is 23.8 Å². The van der Waals surface area contributed by atoms with Gasteiger partial charge in [0.25, 0.3) is 0 Å². The molecular weight excluding hydrogens is 254 g/mol. The number of hydrogen-bond donors (Lipinski definition) is 1. The lowest BCUT2D eigenvalue weighted by Gasteiger charge is -2.32. The van der Waals surface area contributed by atoms with Gasteiger partial charge >= 0.3 is 0 Å². The number of rotatable bonds is 3. The van der Waals surface area contributed by atoms with E-state index in [1.807, 2.05) is 18.2 Å². The van der Waals surface area contributed by atoms with Crippen molar-refractivity contribution in [2.75, 3.05) is 32.8 Å². The van der Waals surface area contributed by atoms with Gasteiger partial charge in [0.1, 0.15) is 13.2 Å². The van der Waals surface area contributed by atoms with Gasteiger partial charge in [0.05, 0.1) is 6.10 Å². The van der Waals surface area contributed by atoms with Gasteiger partial charge in [0.2, 0.25) is 0 Å². The summed E-state index contributed by atoms with van der Waals surface area (Å²) >= 11 is 0.